The zero-order valence-electron chi connectivity index (χ0n) is 15.7. The lowest BCUT2D eigenvalue weighted by Gasteiger charge is -2.28. The topological polar surface area (TPSA) is 75.0 Å². The lowest BCUT2D eigenvalue weighted by molar-refractivity contribution is 0.241. The Balaban J connectivity index is 1.59. The van der Waals surface area contributed by atoms with Crippen molar-refractivity contribution in [3.63, 3.8) is 0 Å². The maximum atomic E-state index is 12.7. The first kappa shape index (κ1) is 17.5. The van der Waals surface area contributed by atoms with Gasteiger partial charge in [-0.3, -0.25) is 9.69 Å². The van der Waals surface area contributed by atoms with Gasteiger partial charge in [-0.05, 0) is 49.2 Å². The molecule has 0 amide bonds. The Kier molecular flexibility index (Phi) is 4.54. The number of H-pyrrole nitrogens is 1. The molecule has 2 heterocycles. The minimum Gasteiger partial charge on any atom is -0.399 e. The molecule has 0 unspecified atom stereocenters. The molecule has 27 heavy (non-hydrogen) atoms. The monoisotopic (exact) mass is 360 g/mol. The SMILES string of the molecule is Cc1ccc(C)c(CN2CCc3nc(-c4ccc(N)cc4)[nH]c(=O)c3C2)c1. The maximum absolute atomic E-state index is 12.7. The van der Waals surface area contributed by atoms with Gasteiger partial charge in [0.2, 0.25) is 0 Å². The van der Waals surface area contributed by atoms with Gasteiger partial charge in [-0.2, -0.15) is 0 Å². The lowest BCUT2D eigenvalue weighted by Crippen LogP contribution is -2.35. The highest BCUT2D eigenvalue weighted by atomic mass is 16.1. The van der Waals surface area contributed by atoms with E-state index in [4.69, 9.17) is 10.7 Å². The number of hydrogen-bond donors (Lipinski definition) is 2. The second kappa shape index (κ2) is 7.00. The van der Waals surface area contributed by atoms with Crippen LogP contribution in [-0.4, -0.2) is 21.4 Å². The van der Waals surface area contributed by atoms with E-state index in [0.29, 0.717) is 18.1 Å². The molecule has 1 aliphatic rings. The first-order valence-electron chi connectivity index (χ1n) is 9.26. The average Bonchev–Trinajstić information content (AvgIpc) is 2.65. The number of hydrogen-bond acceptors (Lipinski definition) is 4. The molecule has 3 N–H and O–H groups in total. The summed E-state index contributed by atoms with van der Waals surface area (Å²) in [7, 11) is 0. The van der Waals surface area contributed by atoms with E-state index in [0.717, 1.165) is 36.3 Å². The van der Waals surface area contributed by atoms with E-state index in [-0.39, 0.29) is 5.56 Å². The van der Waals surface area contributed by atoms with E-state index in [1.54, 1.807) is 0 Å². The fourth-order valence-corrected chi connectivity index (χ4v) is 3.61. The van der Waals surface area contributed by atoms with Crippen molar-refractivity contribution in [3.05, 3.63) is 80.8 Å². The zero-order chi connectivity index (χ0) is 19.0. The fourth-order valence-electron chi connectivity index (χ4n) is 3.61. The minimum absolute atomic E-state index is 0.0440. The van der Waals surface area contributed by atoms with E-state index in [1.807, 2.05) is 24.3 Å². The Bertz CT molecular complexity index is 1040. The molecular formula is C22H24N4O. The van der Waals surface area contributed by atoms with E-state index in [9.17, 15) is 4.79 Å². The van der Waals surface area contributed by atoms with Gasteiger partial charge in [-0.1, -0.05) is 23.8 Å². The molecule has 0 fully saturated rings. The largest absolute Gasteiger partial charge is 0.399 e. The number of nitrogens with two attached hydrogens (primary N) is 1. The molecule has 3 aromatic rings. The second-order valence-corrected chi connectivity index (χ2v) is 7.35. The van der Waals surface area contributed by atoms with Crippen molar-refractivity contribution >= 4 is 5.69 Å². The Morgan fingerprint density at radius 2 is 1.93 bits per heavy atom. The molecule has 0 radical (unpaired) electrons. The van der Waals surface area contributed by atoms with Crippen LogP contribution in [0.15, 0.2) is 47.3 Å². The third kappa shape index (κ3) is 3.64. The summed E-state index contributed by atoms with van der Waals surface area (Å²) in [5, 5.41) is 0. The van der Waals surface area contributed by atoms with Crippen molar-refractivity contribution in [2.45, 2.75) is 33.4 Å². The third-order valence-electron chi connectivity index (χ3n) is 5.23. The smallest absolute Gasteiger partial charge is 0.255 e. The summed E-state index contributed by atoms with van der Waals surface area (Å²) in [6, 6.07) is 13.9. The van der Waals surface area contributed by atoms with Crippen LogP contribution in [0.25, 0.3) is 11.4 Å². The van der Waals surface area contributed by atoms with Gasteiger partial charge in [-0.15, -0.1) is 0 Å². The fraction of sp³-hybridized carbons (Fsp3) is 0.273. The molecule has 0 bridgehead atoms. The van der Waals surface area contributed by atoms with Gasteiger partial charge in [-0.25, -0.2) is 4.98 Å². The molecule has 1 aliphatic heterocycles. The van der Waals surface area contributed by atoms with E-state index in [1.165, 1.54) is 16.7 Å². The van der Waals surface area contributed by atoms with Crippen LogP contribution in [0.4, 0.5) is 5.69 Å². The quantitative estimate of drug-likeness (QED) is 0.704. The molecule has 5 heteroatoms. The van der Waals surface area contributed by atoms with Crippen molar-refractivity contribution in [3.8, 4) is 11.4 Å². The first-order valence-corrected chi connectivity index (χ1v) is 9.26. The third-order valence-corrected chi connectivity index (χ3v) is 5.23. The number of nitrogen functional groups attached to an aromatic ring is 1. The maximum Gasteiger partial charge on any atom is 0.255 e. The van der Waals surface area contributed by atoms with Gasteiger partial charge >= 0.3 is 0 Å². The van der Waals surface area contributed by atoms with Gasteiger partial charge in [0.1, 0.15) is 5.82 Å². The first-order chi connectivity index (χ1) is 13.0. The van der Waals surface area contributed by atoms with Gasteiger partial charge < -0.3 is 10.7 Å². The molecular weight excluding hydrogens is 336 g/mol. The molecule has 0 aliphatic carbocycles. The Hall–Kier alpha value is -2.92. The highest BCUT2D eigenvalue weighted by molar-refractivity contribution is 5.58. The second-order valence-electron chi connectivity index (χ2n) is 7.35. The van der Waals surface area contributed by atoms with Crippen LogP contribution in [0.2, 0.25) is 0 Å². The lowest BCUT2D eigenvalue weighted by atomic mass is 10.0. The van der Waals surface area contributed by atoms with Gasteiger partial charge in [0.25, 0.3) is 5.56 Å². The summed E-state index contributed by atoms with van der Waals surface area (Å²) in [4.78, 5) is 22.7. The predicted octanol–water partition coefficient (Wildman–Crippen LogP) is 3.19. The van der Waals surface area contributed by atoms with Crippen LogP contribution in [0.3, 0.4) is 0 Å². The van der Waals surface area contributed by atoms with Gasteiger partial charge in [0.15, 0.2) is 0 Å². The number of anilines is 1. The van der Waals surface area contributed by atoms with E-state index >= 15 is 0 Å². The average molecular weight is 360 g/mol. The Morgan fingerprint density at radius 1 is 1.15 bits per heavy atom. The summed E-state index contributed by atoms with van der Waals surface area (Å²) in [6.45, 7) is 6.64. The van der Waals surface area contributed by atoms with Crippen LogP contribution >= 0.6 is 0 Å². The molecule has 0 atom stereocenters. The number of aromatic nitrogens is 2. The number of rotatable bonds is 3. The minimum atomic E-state index is -0.0440. The molecule has 1 aromatic heterocycles. The van der Waals surface area contributed by atoms with Gasteiger partial charge in [0.05, 0.1) is 11.3 Å². The van der Waals surface area contributed by atoms with Crippen LogP contribution in [-0.2, 0) is 19.5 Å². The van der Waals surface area contributed by atoms with Crippen LogP contribution in [0, 0.1) is 13.8 Å². The summed E-state index contributed by atoms with van der Waals surface area (Å²) in [5.74, 6) is 0.613. The Morgan fingerprint density at radius 3 is 2.70 bits per heavy atom. The Labute approximate surface area is 158 Å². The molecule has 2 aromatic carbocycles. The van der Waals surface area contributed by atoms with Crippen LogP contribution in [0.5, 0.6) is 0 Å². The standard InChI is InChI=1S/C22H24N4O/c1-14-3-4-15(2)17(11-14)12-26-10-9-20-19(13-26)22(27)25-21(24-20)16-5-7-18(23)8-6-16/h3-8,11H,9-10,12-13,23H2,1-2H3,(H,24,25,27). The number of nitrogens with zero attached hydrogens (tertiary/aromatic N) is 2. The summed E-state index contributed by atoms with van der Waals surface area (Å²) >= 11 is 0. The molecule has 0 saturated carbocycles. The number of nitrogens with one attached hydrogen (secondary N) is 1. The molecule has 5 nitrogen and oxygen atoms in total. The van der Waals surface area contributed by atoms with Crippen molar-refractivity contribution in [2.75, 3.05) is 12.3 Å². The van der Waals surface area contributed by atoms with E-state index in [2.05, 4.69) is 41.9 Å². The molecule has 4 rings (SSSR count). The van der Waals surface area contributed by atoms with Crippen molar-refractivity contribution in [1.82, 2.24) is 14.9 Å². The van der Waals surface area contributed by atoms with Crippen LogP contribution in [0.1, 0.15) is 27.9 Å². The number of aryl methyl sites for hydroxylation is 2. The van der Waals surface area contributed by atoms with E-state index < -0.39 is 0 Å². The molecule has 138 valence electrons. The number of benzene rings is 2. The zero-order valence-corrected chi connectivity index (χ0v) is 15.7. The highest BCUT2D eigenvalue weighted by Gasteiger charge is 2.22. The molecule has 0 spiro atoms. The van der Waals surface area contributed by atoms with Crippen molar-refractivity contribution < 1.29 is 0 Å². The summed E-state index contributed by atoms with van der Waals surface area (Å²) in [5.41, 5.74) is 12.8. The number of fused-ring (bicyclic) bond motifs is 1. The summed E-state index contributed by atoms with van der Waals surface area (Å²) < 4.78 is 0. The number of aromatic amines is 1. The van der Waals surface area contributed by atoms with Crippen molar-refractivity contribution in [2.24, 2.45) is 0 Å². The van der Waals surface area contributed by atoms with Crippen molar-refractivity contribution in [1.29, 1.82) is 0 Å². The highest BCUT2D eigenvalue weighted by Crippen LogP contribution is 2.22. The summed E-state index contributed by atoms with van der Waals surface area (Å²) in [6.07, 6.45) is 0.784. The normalized spacial score (nSPS) is 14.1. The molecule has 0 saturated heterocycles. The van der Waals surface area contributed by atoms with Gasteiger partial charge in [0, 0.05) is 37.3 Å². The predicted molar refractivity (Wildman–Crippen MR) is 108 cm³/mol. The van der Waals surface area contributed by atoms with Crippen LogP contribution < -0.4 is 11.3 Å².